The lowest BCUT2D eigenvalue weighted by Gasteiger charge is -2.28. The Labute approximate surface area is 193 Å². The van der Waals surface area contributed by atoms with Crippen LogP contribution in [-0.2, 0) is 14.8 Å². The van der Waals surface area contributed by atoms with E-state index < -0.39 is 22.0 Å². The minimum absolute atomic E-state index is 0.335. The third kappa shape index (κ3) is 5.95. The van der Waals surface area contributed by atoms with Crippen molar-refractivity contribution in [3.63, 3.8) is 0 Å². The molecule has 3 aromatic carbocycles. The normalized spacial score (nSPS) is 11.9. The smallest absolute Gasteiger partial charge is 0.248 e. The molecule has 1 unspecified atom stereocenters. The van der Waals surface area contributed by atoms with Crippen molar-refractivity contribution in [2.24, 2.45) is 0 Å². The van der Waals surface area contributed by atoms with E-state index in [0.717, 1.165) is 10.6 Å². The summed E-state index contributed by atoms with van der Waals surface area (Å²) in [6.45, 7) is 1.51. The van der Waals surface area contributed by atoms with Crippen LogP contribution in [0, 0.1) is 0 Å². The van der Waals surface area contributed by atoms with Gasteiger partial charge in [0.25, 0.3) is 0 Å². The maximum atomic E-state index is 13.0. The zero-order valence-corrected chi connectivity index (χ0v) is 19.6. The maximum absolute atomic E-state index is 13.0. The van der Waals surface area contributed by atoms with Crippen molar-refractivity contribution in [1.82, 2.24) is 0 Å². The number of hydrogen-bond acceptors (Lipinski definition) is 6. The Bertz CT molecular complexity index is 1200. The van der Waals surface area contributed by atoms with Crippen LogP contribution >= 0.6 is 0 Å². The highest BCUT2D eigenvalue weighted by Crippen LogP contribution is 2.30. The number of carbonyl (C=O) groups is 1. The standard InChI is InChI=1S/C24H26N2O6S/c1-17(24(27)25-22-15-14-21(30-2)16-23(22)31-3)26(33(4,28)29)18-10-12-20(13-11-18)32-19-8-6-5-7-9-19/h5-17H,1-4H3,(H,25,27). The highest BCUT2D eigenvalue weighted by molar-refractivity contribution is 7.92. The van der Waals surface area contributed by atoms with Gasteiger partial charge in [-0.1, -0.05) is 18.2 Å². The summed E-state index contributed by atoms with van der Waals surface area (Å²) in [5, 5.41) is 2.73. The third-order valence-electron chi connectivity index (χ3n) is 4.83. The van der Waals surface area contributed by atoms with Gasteiger partial charge in [0, 0.05) is 6.07 Å². The fraction of sp³-hybridized carbons (Fsp3) is 0.208. The van der Waals surface area contributed by atoms with Crippen LogP contribution in [0.4, 0.5) is 11.4 Å². The zero-order chi connectivity index (χ0) is 24.0. The molecule has 0 fully saturated rings. The summed E-state index contributed by atoms with van der Waals surface area (Å²) in [5.74, 6) is 1.63. The third-order valence-corrected chi connectivity index (χ3v) is 6.07. The Morgan fingerprint density at radius 3 is 2.06 bits per heavy atom. The number of nitrogens with zero attached hydrogens (tertiary/aromatic N) is 1. The van der Waals surface area contributed by atoms with E-state index in [0.29, 0.717) is 34.4 Å². The first kappa shape index (κ1) is 23.9. The van der Waals surface area contributed by atoms with Crippen LogP contribution in [0.15, 0.2) is 72.8 Å². The van der Waals surface area contributed by atoms with Gasteiger partial charge in [-0.05, 0) is 55.5 Å². The van der Waals surface area contributed by atoms with E-state index >= 15 is 0 Å². The molecule has 0 saturated carbocycles. The van der Waals surface area contributed by atoms with Crippen LogP contribution in [0.3, 0.4) is 0 Å². The molecule has 0 aromatic heterocycles. The molecule has 0 spiro atoms. The monoisotopic (exact) mass is 470 g/mol. The van der Waals surface area contributed by atoms with E-state index in [1.807, 2.05) is 30.3 Å². The molecule has 0 saturated heterocycles. The van der Waals surface area contributed by atoms with Crippen molar-refractivity contribution in [1.29, 1.82) is 0 Å². The maximum Gasteiger partial charge on any atom is 0.248 e. The molecule has 1 atom stereocenters. The van der Waals surface area contributed by atoms with Gasteiger partial charge in [-0.15, -0.1) is 0 Å². The number of methoxy groups -OCH3 is 2. The van der Waals surface area contributed by atoms with Gasteiger partial charge in [0.05, 0.1) is 31.9 Å². The highest BCUT2D eigenvalue weighted by Gasteiger charge is 2.29. The molecular weight excluding hydrogens is 444 g/mol. The van der Waals surface area contributed by atoms with Crippen molar-refractivity contribution in [2.45, 2.75) is 13.0 Å². The van der Waals surface area contributed by atoms with Crippen LogP contribution in [0.1, 0.15) is 6.92 Å². The number of sulfonamides is 1. The Balaban J connectivity index is 1.82. The van der Waals surface area contributed by atoms with E-state index in [-0.39, 0.29) is 0 Å². The first-order valence-corrected chi connectivity index (χ1v) is 11.9. The van der Waals surface area contributed by atoms with Crippen LogP contribution < -0.4 is 23.8 Å². The summed E-state index contributed by atoms with van der Waals surface area (Å²) < 4.78 is 42.5. The summed E-state index contributed by atoms with van der Waals surface area (Å²) in [7, 11) is -0.781. The Kier molecular flexibility index (Phi) is 7.44. The number of rotatable bonds is 9. The van der Waals surface area contributed by atoms with E-state index in [1.165, 1.54) is 21.1 Å². The number of ether oxygens (including phenoxy) is 3. The quantitative estimate of drug-likeness (QED) is 0.501. The van der Waals surface area contributed by atoms with Crippen molar-refractivity contribution in [2.75, 3.05) is 30.1 Å². The molecule has 3 aromatic rings. The number of anilines is 2. The second kappa shape index (κ2) is 10.3. The number of nitrogens with one attached hydrogen (secondary N) is 1. The fourth-order valence-electron chi connectivity index (χ4n) is 3.23. The molecule has 1 N–H and O–H groups in total. The summed E-state index contributed by atoms with van der Waals surface area (Å²) in [6, 6.07) is 19.6. The topological polar surface area (TPSA) is 94.2 Å². The number of benzene rings is 3. The summed E-state index contributed by atoms with van der Waals surface area (Å²) in [6.07, 6.45) is 1.05. The van der Waals surface area contributed by atoms with Gasteiger partial charge in [-0.25, -0.2) is 8.42 Å². The first-order chi connectivity index (χ1) is 15.7. The molecule has 9 heteroatoms. The second-order valence-corrected chi connectivity index (χ2v) is 9.06. The SMILES string of the molecule is COc1ccc(NC(=O)C(C)N(c2ccc(Oc3ccccc3)cc2)S(C)(=O)=O)c(OC)c1. The Morgan fingerprint density at radius 1 is 0.879 bits per heavy atom. The van der Waals surface area contributed by atoms with Gasteiger partial charge in [0.1, 0.15) is 29.0 Å². The van der Waals surface area contributed by atoms with E-state index in [9.17, 15) is 13.2 Å². The van der Waals surface area contributed by atoms with Gasteiger partial charge in [-0.2, -0.15) is 0 Å². The molecule has 3 rings (SSSR count). The van der Waals surface area contributed by atoms with Crippen molar-refractivity contribution >= 4 is 27.3 Å². The Hall–Kier alpha value is -3.72. The van der Waals surface area contributed by atoms with E-state index in [4.69, 9.17) is 14.2 Å². The number of carbonyl (C=O) groups excluding carboxylic acids is 1. The average molecular weight is 471 g/mol. The molecule has 0 aliphatic rings. The summed E-state index contributed by atoms with van der Waals surface area (Å²) in [4.78, 5) is 13.0. The Morgan fingerprint density at radius 2 is 1.48 bits per heavy atom. The summed E-state index contributed by atoms with van der Waals surface area (Å²) in [5.41, 5.74) is 0.734. The van der Waals surface area contributed by atoms with Crippen molar-refractivity contribution in [3.05, 3.63) is 72.8 Å². The molecule has 0 aliphatic heterocycles. The molecule has 0 radical (unpaired) electrons. The minimum atomic E-state index is -3.77. The van der Waals surface area contributed by atoms with Crippen LogP contribution in [0.25, 0.3) is 0 Å². The zero-order valence-electron chi connectivity index (χ0n) is 18.8. The van der Waals surface area contributed by atoms with E-state index in [1.54, 1.807) is 42.5 Å². The molecule has 33 heavy (non-hydrogen) atoms. The van der Waals surface area contributed by atoms with Crippen LogP contribution in [-0.4, -0.2) is 40.8 Å². The van der Waals surface area contributed by atoms with Gasteiger partial charge < -0.3 is 19.5 Å². The largest absolute Gasteiger partial charge is 0.497 e. The molecule has 0 aliphatic carbocycles. The van der Waals surface area contributed by atoms with Gasteiger partial charge in [-0.3, -0.25) is 9.10 Å². The van der Waals surface area contributed by atoms with Gasteiger partial charge in [0.15, 0.2) is 0 Å². The van der Waals surface area contributed by atoms with Gasteiger partial charge in [0.2, 0.25) is 15.9 Å². The summed E-state index contributed by atoms with van der Waals surface area (Å²) >= 11 is 0. The lowest BCUT2D eigenvalue weighted by atomic mass is 10.2. The van der Waals surface area contributed by atoms with Crippen LogP contribution in [0.2, 0.25) is 0 Å². The predicted molar refractivity (Wildman–Crippen MR) is 128 cm³/mol. The molecule has 0 bridgehead atoms. The van der Waals surface area contributed by atoms with Crippen molar-refractivity contribution in [3.8, 4) is 23.0 Å². The average Bonchev–Trinajstić information content (AvgIpc) is 2.80. The molecular formula is C24H26N2O6S. The lowest BCUT2D eigenvalue weighted by molar-refractivity contribution is -0.116. The lowest BCUT2D eigenvalue weighted by Crippen LogP contribution is -2.45. The molecule has 1 amide bonds. The fourth-order valence-corrected chi connectivity index (χ4v) is 4.41. The molecule has 0 heterocycles. The highest BCUT2D eigenvalue weighted by atomic mass is 32.2. The number of amides is 1. The minimum Gasteiger partial charge on any atom is -0.497 e. The van der Waals surface area contributed by atoms with Gasteiger partial charge >= 0.3 is 0 Å². The van der Waals surface area contributed by atoms with Crippen LogP contribution in [0.5, 0.6) is 23.0 Å². The molecule has 8 nitrogen and oxygen atoms in total. The van der Waals surface area contributed by atoms with Crippen molar-refractivity contribution < 1.29 is 27.4 Å². The molecule has 174 valence electrons. The first-order valence-electron chi connectivity index (χ1n) is 10.1. The predicted octanol–water partition coefficient (Wildman–Crippen LogP) is 4.29. The second-order valence-electron chi connectivity index (χ2n) is 7.20. The number of para-hydroxylation sites is 1. The van der Waals surface area contributed by atoms with E-state index in [2.05, 4.69) is 5.32 Å². The number of hydrogen-bond donors (Lipinski definition) is 1.